The van der Waals surface area contributed by atoms with Gasteiger partial charge >= 0.3 is 0 Å². The average Bonchev–Trinajstić information content (AvgIpc) is 3.11. The van der Waals surface area contributed by atoms with Crippen LogP contribution in [0.25, 0.3) is 0 Å². The van der Waals surface area contributed by atoms with Gasteiger partial charge in [0.15, 0.2) is 0 Å². The monoisotopic (exact) mass is 531 g/mol. The predicted molar refractivity (Wildman–Crippen MR) is 148 cm³/mol. The van der Waals surface area contributed by atoms with Crippen LogP contribution >= 0.6 is 11.8 Å². The van der Waals surface area contributed by atoms with Crippen molar-refractivity contribution in [2.24, 2.45) is 23.2 Å². The molecule has 0 bridgehead atoms. The van der Waals surface area contributed by atoms with Crippen LogP contribution in [0.15, 0.2) is 24.3 Å². The second kappa shape index (κ2) is 9.74. The number of carbonyl (C=O) groups is 3. The summed E-state index contributed by atoms with van der Waals surface area (Å²) in [6.07, 6.45) is 9.74. The summed E-state index contributed by atoms with van der Waals surface area (Å²) in [4.78, 5) is 48.0. The van der Waals surface area contributed by atoms with E-state index in [0.29, 0.717) is 13.1 Å². The Morgan fingerprint density at radius 3 is 2.35 bits per heavy atom. The summed E-state index contributed by atoms with van der Waals surface area (Å²) >= 11 is 1.60. The number of likely N-dealkylation sites (N-methyl/N-ethyl adjacent to an activating group) is 1. The first-order chi connectivity index (χ1) is 17.2. The van der Waals surface area contributed by atoms with Gasteiger partial charge in [0.1, 0.15) is 6.04 Å². The van der Waals surface area contributed by atoms with Gasteiger partial charge in [0, 0.05) is 30.9 Å². The molecule has 8 heteroatoms. The highest BCUT2D eigenvalue weighted by atomic mass is 32.2. The van der Waals surface area contributed by atoms with Crippen molar-refractivity contribution >= 4 is 29.5 Å². The van der Waals surface area contributed by atoms with E-state index in [1.54, 1.807) is 28.6 Å². The Balaban J connectivity index is 1.87. The van der Waals surface area contributed by atoms with Crippen molar-refractivity contribution in [1.82, 2.24) is 14.7 Å². The van der Waals surface area contributed by atoms with Gasteiger partial charge in [0.2, 0.25) is 17.7 Å². The van der Waals surface area contributed by atoms with Gasteiger partial charge in [-0.25, -0.2) is 0 Å². The van der Waals surface area contributed by atoms with Crippen molar-refractivity contribution < 1.29 is 19.5 Å². The van der Waals surface area contributed by atoms with Gasteiger partial charge in [0.25, 0.3) is 0 Å². The molecule has 2 fully saturated rings. The summed E-state index contributed by atoms with van der Waals surface area (Å²) in [6, 6.07) is -1.25. The minimum atomic E-state index is -0.852. The molecular formula is C29H45N3O4S. The molecule has 0 radical (unpaired) electrons. The molecule has 3 amide bonds. The SMILES string of the molecule is CC[C@H](C)[C@H](CO)N1C(=O)[C@@H]2[C@H]3C(=O)N(C)CC=C[C@H]3S[C@@]23C=CCN(C(C)(C)CC(C)(C)C)C(=O)C13. The van der Waals surface area contributed by atoms with Crippen LogP contribution in [0.1, 0.15) is 61.3 Å². The quantitative estimate of drug-likeness (QED) is 0.532. The van der Waals surface area contributed by atoms with Gasteiger partial charge in [-0.1, -0.05) is 65.3 Å². The molecule has 1 spiro atoms. The molecule has 0 aromatic heterocycles. The molecular weight excluding hydrogens is 486 g/mol. The first-order valence-electron chi connectivity index (χ1n) is 13.7. The Kier molecular flexibility index (Phi) is 7.43. The first kappa shape index (κ1) is 28.2. The maximum Gasteiger partial charge on any atom is 0.247 e. The summed E-state index contributed by atoms with van der Waals surface area (Å²) in [5.41, 5.74) is -0.431. The third kappa shape index (κ3) is 4.56. The van der Waals surface area contributed by atoms with Crippen LogP contribution in [0.5, 0.6) is 0 Å². The van der Waals surface area contributed by atoms with Crippen molar-refractivity contribution in [3.8, 4) is 0 Å². The molecule has 0 aromatic carbocycles. The smallest absolute Gasteiger partial charge is 0.247 e. The summed E-state index contributed by atoms with van der Waals surface area (Å²) in [7, 11) is 1.78. The average molecular weight is 532 g/mol. The van der Waals surface area contributed by atoms with Gasteiger partial charge in [-0.2, -0.15) is 0 Å². The number of nitrogens with zero attached hydrogens (tertiary/aromatic N) is 3. The number of rotatable bonds is 6. The number of aliphatic hydroxyl groups excluding tert-OH is 1. The lowest BCUT2D eigenvalue weighted by molar-refractivity contribution is -0.150. The molecule has 7 atom stereocenters. The van der Waals surface area contributed by atoms with Crippen molar-refractivity contribution in [3.63, 3.8) is 0 Å². The lowest BCUT2D eigenvalue weighted by atomic mass is 9.77. The molecule has 1 unspecified atom stereocenters. The number of amides is 3. The third-order valence-electron chi connectivity index (χ3n) is 8.84. The van der Waals surface area contributed by atoms with Gasteiger partial charge in [-0.15, -0.1) is 11.8 Å². The first-order valence-corrected chi connectivity index (χ1v) is 14.6. The molecule has 4 rings (SSSR count). The van der Waals surface area contributed by atoms with Gasteiger partial charge in [-0.05, 0) is 31.6 Å². The molecule has 0 saturated carbocycles. The van der Waals surface area contributed by atoms with Gasteiger partial charge < -0.3 is 19.8 Å². The minimum absolute atomic E-state index is 0.00661. The normalized spacial score (nSPS) is 33.8. The fourth-order valence-electron chi connectivity index (χ4n) is 7.31. The van der Waals surface area contributed by atoms with Crippen molar-refractivity contribution in [2.75, 3.05) is 26.7 Å². The highest BCUT2D eigenvalue weighted by Crippen LogP contribution is 2.61. The number of hydrogen-bond acceptors (Lipinski definition) is 5. The van der Waals surface area contributed by atoms with Crippen LogP contribution in [-0.2, 0) is 14.4 Å². The van der Waals surface area contributed by atoms with Crippen LogP contribution in [0.4, 0.5) is 0 Å². The standard InChI is InChI=1S/C29H45N3O4S/c1-9-18(2)19(16-33)32-23-26(36)31(28(6,7)17-27(3,4)5)15-11-13-29(23)22(25(32)35)21-20(37-29)12-10-14-30(8)24(21)34/h10-13,18-23,33H,9,14-17H2,1-8H3/t18-,19-,20+,21-,22-,23?,29-/m0/s1. The molecule has 37 heavy (non-hydrogen) atoms. The van der Waals surface area contributed by atoms with E-state index >= 15 is 0 Å². The van der Waals surface area contributed by atoms with Gasteiger partial charge in [0.05, 0.1) is 29.2 Å². The maximum atomic E-state index is 14.7. The second-order valence-corrected chi connectivity index (χ2v) is 14.8. The number of carbonyl (C=O) groups excluding carboxylic acids is 3. The molecule has 4 aliphatic heterocycles. The Morgan fingerprint density at radius 2 is 1.76 bits per heavy atom. The second-order valence-electron chi connectivity index (χ2n) is 13.3. The van der Waals surface area contributed by atoms with E-state index in [-0.39, 0.29) is 40.9 Å². The molecule has 4 aliphatic rings. The van der Waals surface area contributed by atoms with Crippen LogP contribution < -0.4 is 0 Å². The number of fused-ring (bicyclic) bond motifs is 2. The number of likely N-dealkylation sites (tertiary alicyclic amines) is 1. The summed E-state index contributed by atoms with van der Waals surface area (Å²) < 4.78 is -0.852. The Bertz CT molecular complexity index is 1000. The predicted octanol–water partition coefficient (Wildman–Crippen LogP) is 3.33. The largest absolute Gasteiger partial charge is 0.394 e. The Morgan fingerprint density at radius 1 is 1.08 bits per heavy atom. The fraction of sp³-hybridized carbons (Fsp3) is 0.759. The third-order valence-corrected chi connectivity index (χ3v) is 10.6. The van der Waals surface area contributed by atoms with Crippen molar-refractivity contribution in [3.05, 3.63) is 24.3 Å². The summed E-state index contributed by atoms with van der Waals surface area (Å²) in [6.45, 7) is 15.6. The van der Waals surface area contributed by atoms with E-state index < -0.39 is 34.2 Å². The molecule has 206 valence electrons. The molecule has 0 aromatic rings. The number of thioether (sulfide) groups is 1. The number of hydrogen-bond donors (Lipinski definition) is 1. The molecule has 2 saturated heterocycles. The lowest BCUT2D eigenvalue weighted by Crippen LogP contribution is -2.61. The van der Waals surface area contributed by atoms with E-state index in [0.717, 1.165) is 12.8 Å². The summed E-state index contributed by atoms with van der Waals surface area (Å²) in [5.74, 6) is -1.46. The highest BCUT2D eigenvalue weighted by molar-refractivity contribution is 8.02. The van der Waals surface area contributed by atoms with Crippen LogP contribution in [-0.4, -0.2) is 91.9 Å². The molecule has 1 N–H and O–H groups in total. The van der Waals surface area contributed by atoms with Crippen LogP contribution in [0, 0.1) is 23.2 Å². The van der Waals surface area contributed by atoms with E-state index in [1.807, 2.05) is 30.9 Å². The minimum Gasteiger partial charge on any atom is -0.394 e. The van der Waals surface area contributed by atoms with Crippen molar-refractivity contribution in [1.29, 1.82) is 0 Å². The molecule has 4 heterocycles. The van der Waals surface area contributed by atoms with E-state index in [9.17, 15) is 19.5 Å². The zero-order chi connectivity index (χ0) is 27.5. The van der Waals surface area contributed by atoms with E-state index in [1.165, 1.54) is 0 Å². The van der Waals surface area contributed by atoms with Crippen LogP contribution in [0.3, 0.4) is 0 Å². The zero-order valence-corrected chi connectivity index (χ0v) is 24.5. The molecule has 7 nitrogen and oxygen atoms in total. The van der Waals surface area contributed by atoms with E-state index in [2.05, 4.69) is 46.8 Å². The fourth-order valence-corrected chi connectivity index (χ4v) is 9.31. The zero-order valence-electron chi connectivity index (χ0n) is 23.7. The van der Waals surface area contributed by atoms with Crippen LogP contribution in [0.2, 0.25) is 0 Å². The maximum absolute atomic E-state index is 14.7. The Labute approximate surface area is 226 Å². The van der Waals surface area contributed by atoms with Crippen molar-refractivity contribution in [2.45, 2.75) is 88.9 Å². The van der Waals surface area contributed by atoms with E-state index in [4.69, 9.17) is 0 Å². The lowest BCUT2D eigenvalue weighted by Gasteiger charge is -2.46. The number of aliphatic hydroxyl groups is 1. The topological polar surface area (TPSA) is 81.2 Å². The molecule has 0 aliphatic carbocycles. The Hall–Kier alpha value is -1.80. The van der Waals surface area contributed by atoms with Gasteiger partial charge in [-0.3, -0.25) is 14.4 Å². The summed E-state index contributed by atoms with van der Waals surface area (Å²) in [5, 5.41) is 10.4. The highest BCUT2D eigenvalue weighted by Gasteiger charge is 2.72.